The molecule has 3 aliphatic carbocycles. The molecule has 1 aromatic carbocycles. The summed E-state index contributed by atoms with van der Waals surface area (Å²) >= 11 is 0. The summed E-state index contributed by atoms with van der Waals surface area (Å²) in [5.74, 6) is 5.68. The molecule has 5 atom stereocenters. The summed E-state index contributed by atoms with van der Waals surface area (Å²) in [5.41, 5.74) is 5.55. The van der Waals surface area contributed by atoms with Crippen LogP contribution in [0.25, 0.3) is 0 Å². The van der Waals surface area contributed by atoms with Gasteiger partial charge < -0.3 is 10.2 Å². The van der Waals surface area contributed by atoms with Crippen molar-refractivity contribution in [3.8, 4) is 17.2 Å². The Morgan fingerprint density at radius 3 is 2.61 bits per heavy atom. The number of fused-ring (bicyclic) bond motifs is 5. The summed E-state index contributed by atoms with van der Waals surface area (Å²) in [7, 11) is -1.53. The number of hydrogen-bond donors (Lipinski definition) is 2. The van der Waals surface area contributed by atoms with E-state index in [1.165, 1.54) is 29.6 Å². The van der Waals surface area contributed by atoms with Gasteiger partial charge in [-0.2, -0.15) is 0 Å². The van der Waals surface area contributed by atoms with Gasteiger partial charge in [-0.15, -0.1) is 5.54 Å². The number of aliphatic hydroxyl groups is 1. The van der Waals surface area contributed by atoms with E-state index in [1.807, 2.05) is 12.1 Å². The second kappa shape index (κ2) is 6.92. The van der Waals surface area contributed by atoms with E-state index in [0.717, 1.165) is 32.1 Å². The molecular weight excluding hydrogens is 360 g/mol. The largest absolute Gasteiger partial charge is 0.508 e. The highest BCUT2D eigenvalue weighted by Gasteiger charge is 2.61. The number of phenols is 1. The van der Waals surface area contributed by atoms with Crippen molar-refractivity contribution in [3.63, 3.8) is 0 Å². The molecule has 152 valence electrons. The van der Waals surface area contributed by atoms with E-state index >= 15 is 0 Å². The van der Waals surface area contributed by atoms with Gasteiger partial charge in [-0.3, -0.25) is 0 Å². The molecule has 0 saturated heterocycles. The molecule has 2 nitrogen and oxygen atoms in total. The number of aromatic hydroxyl groups is 1. The molecule has 0 amide bonds. The lowest BCUT2D eigenvalue weighted by atomic mass is 9.53. The zero-order valence-corrected chi connectivity index (χ0v) is 19.0. The van der Waals surface area contributed by atoms with E-state index in [0.29, 0.717) is 23.5 Å². The van der Waals surface area contributed by atoms with Crippen molar-refractivity contribution in [2.75, 3.05) is 0 Å². The predicted octanol–water partition coefficient (Wildman–Crippen LogP) is 5.64. The molecule has 0 aromatic heterocycles. The fourth-order valence-corrected chi connectivity index (χ4v) is 7.83. The zero-order valence-electron chi connectivity index (χ0n) is 18.0. The van der Waals surface area contributed by atoms with Crippen LogP contribution in [-0.4, -0.2) is 23.9 Å². The van der Waals surface area contributed by atoms with Crippen molar-refractivity contribution in [2.45, 2.75) is 89.5 Å². The van der Waals surface area contributed by atoms with Gasteiger partial charge in [0.2, 0.25) is 0 Å². The fourth-order valence-electron chi connectivity index (χ4n) is 6.47. The van der Waals surface area contributed by atoms with Crippen LogP contribution in [0.4, 0.5) is 0 Å². The van der Waals surface area contributed by atoms with Crippen molar-refractivity contribution in [2.24, 2.45) is 17.3 Å². The first-order valence-electron chi connectivity index (χ1n) is 11.3. The second-order valence-electron chi connectivity index (χ2n) is 10.2. The van der Waals surface area contributed by atoms with Crippen LogP contribution < -0.4 is 0 Å². The highest BCUT2D eigenvalue weighted by atomic mass is 28.3. The van der Waals surface area contributed by atoms with Crippen LogP contribution in [0.15, 0.2) is 18.2 Å². The Kier molecular flexibility index (Phi) is 4.96. The van der Waals surface area contributed by atoms with Gasteiger partial charge in [-0.05, 0) is 91.6 Å². The van der Waals surface area contributed by atoms with Gasteiger partial charge >= 0.3 is 0 Å². The van der Waals surface area contributed by atoms with Gasteiger partial charge in [0, 0.05) is 5.41 Å². The molecule has 1 aromatic rings. The Morgan fingerprint density at radius 2 is 1.89 bits per heavy atom. The standard InChI is InChI=1S/C25H36O2Si/c1-5-28(4,6-2)16-15-25(27)14-12-23-22-9-7-18-17-19(26)8-10-20(18)21(22)11-13-24(23,25)3/h8,10,17,21-23,26-27H,5-7,9,11-14H2,1-4H3/t21-,22-,23+,24+,25-/m1/s1. The van der Waals surface area contributed by atoms with Crippen molar-refractivity contribution in [3.05, 3.63) is 29.3 Å². The number of aryl methyl sites for hydroxylation is 1. The summed E-state index contributed by atoms with van der Waals surface area (Å²) < 4.78 is 0. The first kappa shape index (κ1) is 20.0. The number of hydrogen-bond acceptors (Lipinski definition) is 2. The molecule has 3 aliphatic rings. The van der Waals surface area contributed by atoms with Gasteiger partial charge in [0.15, 0.2) is 0 Å². The topological polar surface area (TPSA) is 40.5 Å². The van der Waals surface area contributed by atoms with Gasteiger partial charge in [-0.25, -0.2) is 0 Å². The third-order valence-corrected chi connectivity index (χ3v) is 12.8. The second-order valence-corrected chi connectivity index (χ2v) is 15.0. The number of rotatable bonds is 2. The number of benzene rings is 1. The van der Waals surface area contributed by atoms with E-state index in [1.54, 1.807) is 0 Å². The molecule has 0 heterocycles. The molecule has 3 heteroatoms. The molecule has 0 unspecified atom stereocenters. The molecule has 0 radical (unpaired) electrons. The molecule has 0 bridgehead atoms. The summed E-state index contributed by atoms with van der Waals surface area (Å²) in [6.07, 6.45) is 6.37. The van der Waals surface area contributed by atoms with Crippen molar-refractivity contribution in [1.29, 1.82) is 0 Å². The van der Waals surface area contributed by atoms with Crippen molar-refractivity contribution in [1.82, 2.24) is 0 Å². The van der Waals surface area contributed by atoms with Crippen LogP contribution in [0.5, 0.6) is 5.75 Å². The Labute approximate surface area is 171 Å². The summed E-state index contributed by atoms with van der Waals surface area (Å²) in [5, 5.41) is 21.6. The number of phenolic OH excluding ortho intramolecular Hbond substituents is 1. The van der Waals surface area contributed by atoms with Crippen LogP contribution in [-0.2, 0) is 6.42 Å². The quantitative estimate of drug-likeness (QED) is 0.501. The average Bonchev–Trinajstić information content (AvgIpc) is 2.97. The highest BCUT2D eigenvalue weighted by Crippen LogP contribution is 2.64. The third-order valence-electron chi connectivity index (χ3n) is 8.99. The maximum atomic E-state index is 11.7. The predicted molar refractivity (Wildman–Crippen MR) is 118 cm³/mol. The maximum absolute atomic E-state index is 11.7. The van der Waals surface area contributed by atoms with Crippen molar-refractivity contribution < 1.29 is 10.2 Å². The van der Waals surface area contributed by atoms with Crippen LogP contribution in [0.1, 0.15) is 69.9 Å². The van der Waals surface area contributed by atoms with Gasteiger partial charge in [0.1, 0.15) is 19.4 Å². The minimum absolute atomic E-state index is 0.0770. The maximum Gasteiger partial charge on any atom is 0.135 e. The Hall–Kier alpha value is -1.24. The lowest BCUT2D eigenvalue weighted by Gasteiger charge is -2.52. The van der Waals surface area contributed by atoms with E-state index in [-0.39, 0.29) is 5.41 Å². The summed E-state index contributed by atoms with van der Waals surface area (Å²) in [6, 6.07) is 8.32. The molecule has 2 N–H and O–H groups in total. The minimum atomic E-state index is -1.53. The molecule has 28 heavy (non-hydrogen) atoms. The van der Waals surface area contributed by atoms with E-state index < -0.39 is 13.7 Å². The summed E-state index contributed by atoms with van der Waals surface area (Å²) in [6.45, 7) is 9.22. The lowest BCUT2D eigenvalue weighted by molar-refractivity contribution is -0.0647. The van der Waals surface area contributed by atoms with Gasteiger partial charge in [-0.1, -0.05) is 39.3 Å². The van der Waals surface area contributed by atoms with Crippen LogP contribution in [0.2, 0.25) is 18.6 Å². The van der Waals surface area contributed by atoms with Gasteiger partial charge in [0.25, 0.3) is 0 Å². The van der Waals surface area contributed by atoms with Crippen LogP contribution in [0, 0.1) is 28.7 Å². The minimum Gasteiger partial charge on any atom is -0.508 e. The van der Waals surface area contributed by atoms with Crippen LogP contribution >= 0.6 is 0 Å². The first-order chi connectivity index (χ1) is 13.3. The third kappa shape index (κ3) is 2.96. The van der Waals surface area contributed by atoms with Crippen molar-refractivity contribution >= 4 is 8.07 Å². The first-order valence-corrected chi connectivity index (χ1v) is 14.3. The molecular formula is C25H36O2Si. The zero-order chi connectivity index (χ0) is 20.2. The normalized spacial score (nSPS) is 36.7. The smallest absolute Gasteiger partial charge is 0.135 e. The van der Waals surface area contributed by atoms with E-state index in [9.17, 15) is 10.2 Å². The molecule has 0 spiro atoms. The Balaban J connectivity index is 1.64. The Bertz CT molecular complexity index is 818. The molecule has 2 saturated carbocycles. The SMILES string of the molecule is CC[Si](C)(C#C[C@]1(O)CC[C@H]2[C@@H]3CCc4cc(O)ccc4[C@H]3CC[C@@]21C)CC. The summed E-state index contributed by atoms with van der Waals surface area (Å²) in [4.78, 5) is 0. The molecule has 4 rings (SSSR count). The monoisotopic (exact) mass is 396 g/mol. The Morgan fingerprint density at radius 1 is 1.14 bits per heavy atom. The van der Waals surface area contributed by atoms with Gasteiger partial charge in [0.05, 0.1) is 0 Å². The molecule has 0 aliphatic heterocycles. The fraction of sp³-hybridized carbons (Fsp3) is 0.680. The lowest BCUT2D eigenvalue weighted by Crippen LogP contribution is -2.50. The highest BCUT2D eigenvalue weighted by molar-refractivity contribution is 6.86. The van der Waals surface area contributed by atoms with E-state index in [4.69, 9.17) is 0 Å². The molecule has 2 fully saturated rings. The average molecular weight is 397 g/mol. The van der Waals surface area contributed by atoms with Crippen LogP contribution in [0.3, 0.4) is 0 Å². The van der Waals surface area contributed by atoms with E-state index in [2.05, 4.69) is 44.8 Å².